The zero-order chi connectivity index (χ0) is 17.6. The molecule has 1 aliphatic carbocycles. The van der Waals surface area contributed by atoms with Crippen molar-refractivity contribution in [3.8, 4) is 0 Å². The van der Waals surface area contributed by atoms with Crippen molar-refractivity contribution in [1.82, 2.24) is 0 Å². The molecule has 0 radical (unpaired) electrons. The Labute approximate surface area is 153 Å². The van der Waals surface area contributed by atoms with E-state index in [0.29, 0.717) is 0 Å². The Morgan fingerprint density at radius 2 is 1.15 bits per heavy atom. The number of aliphatic hydroxyl groups is 1. The second-order valence-corrected chi connectivity index (χ2v) is 7.05. The lowest BCUT2D eigenvalue weighted by Crippen LogP contribution is -2.29. The Kier molecular flexibility index (Phi) is 3.44. The van der Waals surface area contributed by atoms with E-state index in [4.69, 9.17) is 0 Å². The topological polar surface area (TPSA) is 20.2 Å². The molecule has 1 heteroatoms. The first-order valence-corrected chi connectivity index (χ1v) is 9.16. The summed E-state index contributed by atoms with van der Waals surface area (Å²) in [6, 6.07) is 30.8. The van der Waals surface area contributed by atoms with Crippen LogP contribution in [0.15, 0.2) is 91.0 Å². The fourth-order valence-corrected chi connectivity index (χ4v) is 4.40. The fourth-order valence-electron chi connectivity index (χ4n) is 4.40. The van der Waals surface area contributed by atoms with Crippen LogP contribution in [0.2, 0.25) is 0 Å². The van der Waals surface area contributed by atoms with Crippen LogP contribution in [0.25, 0.3) is 10.8 Å². The zero-order valence-corrected chi connectivity index (χ0v) is 14.5. The van der Waals surface area contributed by atoms with E-state index in [9.17, 15) is 5.11 Å². The van der Waals surface area contributed by atoms with Gasteiger partial charge in [-0.15, -0.1) is 0 Å². The van der Waals surface area contributed by atoms with Gasteiger partial charge in [-0.3, -0.25) is 0 Å². The second-order valence-electron chi connectivity index (χ2n) is 7.05. The van der Waals surface area contributed by atoms with E-state index in [0.717, 1.165) is 34.9 Å². The first-order valence-electron chi connectivity index (χ1n) is 9.16. The smallest absolute Gasteiger partial charge is 0.141 e. The minimum atomic E-state index is -1.18. The van der Waals surface area contributed by atoms with Gasteiger partial charge in [0.05, 0.1) is 0 Å². The highest BCUT2D eigenvalue weighted by atomic mass is 16.3. The van der Waals surface area contributed by atoms with Crippen molar-refractivity contribution in [2.45, 2.75) is 18.4 Å². The van der Waals surface area contributed by atoms with Crippen molar-refractivity contribution in [2.75, 3.05) is 0 Å². The Balaban J connectivity index is 1.87. The third kappa shape index (κ3) is 2.14. The number of rotatable bonds is 3. The molecule has 0 bridgehead atoms. The van der Waals surface area contributed by atoms with E-state index in [2.05, 4.69) is 30.3 Å². The summed E-state index contributed by atoms with van der Waals surface area (Å²) < 4.78 is 0. The maximum atomic E-state index is 12.1. The minimum Gasteiger partial charge on any atom is -0.376 e. The molecule has 0 atom stereocenters. The normalized spacial score (nSPS) is 13.3. The van der Waals surface area contributed by atoms with Gasteiger partial charge in [-0.1, -0.05) is 91.0 Å². The Hall–Kier alpha value is -2.90. The molecule has 5 rings (SSSR count). The van der Waals surface area contributed by atoms with Crippen LogP contribution in [0.4, 0.5) is 0 Å². The Bertz CT molecular complexity index is 1030. The third-order valence-electron chi connectivity index (χ3n) is 5.65. The minimum absolute atomic E-state index is 0.893. The molecule has 0 aliphatic heterocycles. The number of benzene rings is 4. The molecule has 1 aliphatic rings. The highest BCUT2D eigenvalue weighted by molar-refractivity contribution is 5.94. The molecule has 26 heavy (non-hydrogen) atoms. The van der Waals surface area contributed by atoms with Gasteiger partial charge in [-0.2, -0.15) is 0 Å². The summed E-state index contributed by atoms with van der Waals surface area (Å²) in [6.07, 6.45) is 2.18. The largest absolute Gasteiger partial charge is 0.376 e. The average molecular weight is 336 g/mol. The van der Waals surface area contributed by atoms with Crippen molar-refractivity contribution in [3.05, 3.63) is 119 Å². The molecule has 1 N–H and O–H groups in total. The summed E-state index contributed by atoms with van der Waals surface area (Å²) >= 11 is 0. The molecule has 0 aromatic heterocycles. The van der Waals surface area contributed by atoms with Crippen molar-refractivity contribution in [2.24, 2.45) is 0 Å². The van der Waals surface area contributed by atoms with Crippen LogP contribution >= 0.6 is 0 Å². The monoisotopic (exact) mass is 336 g/mol. The molecule has 0 heterocycles. The van der Waals surface area contributed by atoms with Gasteiger partial charge < -0.3 is 5.11 Å². The quantitative estimate of drug-likeness (QED) is 0.508. The van der Waals surface area contributed by atoms with Crippen LogP contribution in [0, 0.1) is 0 Å². The number of hydrogen-bond acceptors (Lipinski definition) is 1. The summed E-state index contributed by atoms with van der Waals surface area (Å²) in [5, 5.41) is 14.6. The SMILES string of the molecule is OC(c1ccccc1)(c1ccccc1)c1ccc2c3c(cccc13)CC2. The van der Waals surface area contributed by atoms with E-state index in [1.807, 2.05) is 60.7 Å². The predicted octanol–water partition coefficient (Wildman–Crippen LogP) is 5.22. The predicted molar refractivity (Wildman–Crippen MR) is 106 cm³/mol. The molecule has 0 amide bonds. The van der Waals surface area contributed by atoms with Gasteiger partial charge in [0.2, 0.25) is 0 Å². The van der Waals surface area contributed by atoms with Gasteiger partial charge in [0.1, 0.15) is 5.60 Å². The molecule has 4 aromatic carbocycles. The molecule has 4 aromatic rings. The lowest BCUT2D eigenvalue weighted by atomic mass is 9.78. The molecule has 0 saturated heterocycles. The van der Waals surface area contributed by atoms with Gasteiger partial charge in [-0.25, -0.2) is 0 Å². The average Bonchev–Trinajstić information content (AvgIpc) is 3.14. The van der Waals surface area contributed by atoms with Crippen molar-refractivity contribution >= 4 is 10.8 Å². The summed E-state index contributed by atoms with van der Waals surface area (Å²) in [5.41, 5.74) is 4.35. The number of aryl methyl sites for hydroxylation is 2. The lowest BCUT2D eigenvalue weighted by Gasteiger charge is -2.31. The van der Waals surface area contributed by atoms with Crippen LogP contribution in [0.1, 0.15) is 27.8 Å². The van der Waals surface area contributed by atoms with Crippen LogP contribution in [-0.4, -0.2) is 5.11 Å². The van der Waals surface area contributed by atoms with Gasteiger partial charge in [0, 0.05) is 5.56 Å². The van der Waals surface area contributed by atoms with E-state index in [1.54, 1.807) is 0 Å². The summed E-state index contributed by atoms with van der Waals surface area (Å²) in [5.74, 6) is 0. The fraction of sp³-hybridized carbons (Fsp3) is 0.120. The van der Waals surface area contributed by atoms with E-state index in [-0.39, 0.29) is 0 Å². The van der Waals surface area contributed by atoms with Crippen LogP contribution in [0.5, 0.6) is 0 Å². The lowest BCUT2D eigenvalue weighted by molar-refractivity contribution is 0.127. The number of hydrogen-bond donors (Lipinski definition) is 1. The zero-order valence-electron chi connectivity index (χ0n) is 14.5. The van der Waals surface area contributed by atoms with Gasteiger partial charge in [0.15, 0.2) is 0 Å². The molecule has 0 spiro atoms. The van der Waals surface area contributed by atoms with E-state index >= 15 is 0 Å². The van der Waals surface area contributed by atoms with E-state index in [1.165, 1.54) is 16.5 Å². The molecule has 0 fully saturated rings. The van der Waals surface area contributed by atoms with E-state index < -0.39 is 5.60 Å². The summed E-state index contributed by atoms with van der Waals surface area (Å²) in [4.78, 5) is 0. The van der Waals surface area contributed by atoms with Crippen LogP contribution in [0.3, 0.4) is 0 Å². The molecule has 126 valence electrons. The van der Waals surface area contributed by atoms with Crippen molar-refractivity contribution < 1.29 is 5.11 Å². The van der Waals surface area contributed by atoms with Gasteiger partial charge in [0.25, 0.3) is 0 Å². The van der Waals surface area contributed by atoms with Crippen molar-refractivity contribution in [1.29, 1.82) is 0 Å². The first kappa shape index (κ1) is 15.4. The van der Waals surface area contributed by atoms with Crippen LogP contribution < -0.4 is 0 Å². The van der Waals surface area contributed by atoms with Gasteiger partial charge in [-0.05, 0) is 45.9 Å². The van der Waals surface area contributed by atoms with Crippen molar-refractivity contribution in [3.63, 3.8) is 0 Å². The molecule has 1 nitrogen and oxygen atoms in total. The first-order chi connectivity index (χ1) is 12.8. The Morgan fingerprint density at radius 1 is 0.577 bits per heavy atom. The maximum Gasteiger partial charge on any atom is 0.141 e. The maximum absolute atomic E-state index is 12.1. The summed E-state index contributed by atoms with van der Waals surface area (Å²) in [7, 11) is 0. The standard InChI is InChI=1S/C25H20O/c26-25(20-9-3-1-4-10-20,21-11-5-2-6-12-21)23-17-16-19-15-14-18-8-7-13-22(23)24(18)19/h1-13,16-17,26H,14-15H2. The molecular formula is C25H20O. The second kappa shape index (κ2) is 5.82. The Morgan fingerprint density at radius 3 is 1.77 bits per heavy atom. The summed E-state index contributed by atoms with van der Waals surface area (Å²) in [6.45, 7) is 0. The van der Waals surface area contributed by atoms with Gasteiger partial charge >= 0.3 is 0 Å². The van der Waals surface area contributed by atoms with Crippen LogP contribution in [-0.2, 0) is 18.4 Å². The molecule has 0 saturated carbocycles. The third-order valence-corrected chi connectivity index (χ3v) is 5.65. The highest BCUT2D eigenvalue weighted by Gasteiger charge is 2.35. The highest BCUT2D eigenvalue weighted by Crippen LogP contribution is 2.42. The molecule has 0 unspecified atom stereocenters. The molecular weight excluding hydrogens is 316 g/mol.